The van der Waals surface area contributed by atoms with Gasteiger partial charge in [0.15, 0.2) is 0 Å². The van der Waals surface area contributed by atoms with Crippen LogP contribution in [0.4, 0.5) is 5.82 Å². The highest BCUT2D eigenvalue weighted by molar-refractivity contribution is 6.35. The molecule has 0 aliphatic rings. The number of nitrogens with one attached hydrogen (secondary N) is 1. The Kier molecular flexibility index (Phi) is 4.61. The minimum Gasteiger partial charge on any atom is -0.481 e. The Bertz CT molecular complexity index is 430. The highest BCUT2D eigenvalue weighted by Gasteiger charge is 2.11. The molecule has 1 rings (SSSR count). The maximum atomic E-state index is 10.7. The molecular weight excluding hydrogens is 226 g/mol. The van der Waals surface area contributed by atoms with Gasteiger partial charge < -0.3 is 10.2 Å². The van der Waals surface area contributed by atoms with Gasteiger partial charge in [-0.15, -0.1) is 0 Å². The molecule has 7 heteroatoms. The molecule has 1 aromatic rings. The molecule has 90 valence electrons. The first-order chi connectivity index (χ1) is 8.09. The molecule has 7 nitrogen and oxygen atoms in total. The van der Waals surface area contributed by atoms with Gasteiger partial charge in [-0.1, -0.05) is 6.07 Å². The fourth-order valence-electron chi connectivity index (χ4n) is 0.990. The topological polar surface area (TPSA) is 112 Å². The maximum absolute atomic E-state index is 10.7. The minimum absolute atomic E-state index is 0.148. The third-order valence-corrected chi connectivity index (χ3v) is 1.79. The summed E-state index contributed by atoms with van der Waals surface area (Å²) in [5, 5.41) is 20.8. The van der Waals surface area contributed by atoms with Crippen molar-refractivity contribution in [2.24, 2.45) is 5.10 Å². The van der Waals surface area contributed by atoms with Gasteiger partial charge in [0.05, 0.1) is 6.42 Å². The summed E-state index contributed by atoms with van der Waals surface area (Å²) in [4.78, 5) is 24.9. The molecule has 0 bridgehead atoms. The molecule has 0 aliphatic heterocycles. The third-order valence-electron chi connectivity index (χ3n) is 1.79. The smallest absolute Gasteiger partial charge is 0.352 e. The van der Waals surface area contributed by atoms with Crippen molar-refractivity contribution in [3.05, 3.63) is 24.4 Å². The molecule has 0 spiro atoms. The van der Waals surface area contributed by atoms with Crippen molar-refractivity contribution in [2.75, 3.05) is 5.43 Å². The summed E-state index contributed by atoms with van der Waals surface area (Å²) in [6, 6.07) is 5.03. The van der Waals surface area contributed by atoms with Gasteiger partial charge in [-0.05, 0) is 12.1 Å². The van der Waals surface area contributed by atoms with Crippen molar-refractivity contribution >= 4 is 23.5 Å². The number of carboxylic acids is 2. The predicted octanol–water partition coefficient (Wildman–Crippen LogP) is 0.799. The molecular formula is C10H11N3O4. The zero-order chi connectivity index (χ0) is 12.7. The highest BCUT2D eigenvalue weighted by atomic mass is 16.4. The van der Waals surface area contributed by atoms with E-state index in [4.69, 9.17) is 10.2 Å². The number of hydrogen-bond acceptors (Lipinski definition) is 5. The molecule has 0 saturated heterocycles. The Balaban J connectivity index is 2.64. The Morgan fingerprint density at radius 2 is 2.06 bits per heavy atom. The van der Waals surface area contributed by atoms with Gasteiger partial charge in [-0.3, -0.25) is 10.2 Å². The molecule has 0 unspecified atom stereocenters. The first kappa shape index (κ1) is 12.6. The van der Waals surface area contributed by atoms with E-state index in [1.807, 2.05) is 0 Å². The Labute approximate surface area is 96.8 Å². The number of carbonyl (C=O) groups is 2. The van der Waals surface area contributed by atoms with Gasteiger partial charge in [-0.25, -0.2) is 9.78 Å². The van der Waals surface area contributed by atoms with Crippen LogP contribution in [0, 0.1) is 0 Å². The van der Waals surface area contributed by atoms with E-state index in [0.717, 1.165) is 0 Å². The standard InChI is InChI=1S/C10H11N3O4/c14-9(15)5-4-7(10(16)17)12-13-8-3-1-2-6-11-8/h1-3,6H,4-5H2,(H,11,13)(H,14,15)(H,16,17)/b12-7+. The first-order valence-electron chi connectivity index (χ1n) is 4.78. The van der Waals surface area contributed by atoms with Crippen LogP contribution in [0.25, 0.3) is 0 Å². The molecule has 0 fully saturated rings. The fourth-order valence-corrected chi connectivity index (χ4v) is 0.990. The molecule has 0 aromatic carbocycles. The van der Waals surface area contributed by atoms with Gasteiger partial charge in [0, 0.05) is 12.6 Å². The number of aliphatic carboxylic acids is 2. The Hall–Kier alpha value is -2.44. The van der Waals surface area contributed by atoms with Crippen molar-refractivity contribution in [2.45, 2.75) is 12.8 Å². The fraction of sp³-hybridized carbons (Fsp3) is 0.200. The number of nitrogens with zero attached hydrogens (tertiary/aromatic N) is 2. The summed E-state index contributed by atoms with van der Waals surface area (Å²) in [6.07, 6.45) is 1.09. The predicted molar refractivity (Wildman–Crippen MR) is 59.8 cm³/mol. The lowest BCUT2D eigenvalue weighted by molar-refractivity contribution is -0.136. The molecule has 17 heavy (non-hydrogen) atoms. The molecule has 0 aliphatic carbocycles. The van der Waals surface area contributed by atoms with Crippen molar-refractivity contribution in [3.63, 3.8) is 0 Å². The molecule has 3 N–H and O–H groups in total. The van der Waals surface area contributed by atoms with Gasteiger partial charge in [0.2, 0.25) is 0 Å². The van der Waals surface area contributed by atoms with Crippen LogP contribution in [0.1, 0.15) is 12.8 Å². The van der Waals surface area contributed by atoms with Crippen LogP contribution < -0.4 is 5.43 Å². The first-order valence-corrected chi connectivity index (χ1v) is 4.78. The van der Waals surface area contributed by atoms with Crippen LogP contribution in [0.2, 0.25) is 0 Å². The van der Waals surface area contributed by atoms with Crippen LogP contribution in [-0.4, -0.2) is 32.8 Å². The van der Waals surface area contributed by atoms with Gasteiger partial charge in [-0.2, -0.15) is 5.10 Å². The second-order valence-corrected chi connectivity index (χ2v) is 3.08. The lowest BCUT2D eigenvalue weighted by Crippen LogP contribution is -2.16. The number of hydrogen-bond donors (Lipinski definition) is 3. The van der Waals surface area contributed by atoms with Crippen molar-refractivity contribution in [1.82, 2.24) is 4.98 Å². The van der Waals surface area contributed by atoms with Crippen LogP contribution >= 0.6 is 0 Å². The monoisotopic (exact) mass is 237 g/mol. The summed E-state index contributed by atoms with van der Waals surface area (Å²) < 4.78 is 0. The van der Waals surface area contributed by atoms with E-state index in [1.54, 1.807) is 18.2 Å². The summed E-state index contributed by atoms with van der Waals surface area (Å²) in [7, 11) is 0. The number of carboxylic acid groups (broad SMARTS) is 2. The van der Waals surface area contributed by atoms with E-state index in [-0.39, 0.29) is 18.6 Å². The van der Waals surface area contributed by atoms with Gasteiger partial charge >= 0.3 is 11.9 Å². The normalized spacial score (nSPS) is 10.9. The molecule has 0 radical (unpaired) electrons. The number of rotatable bonds is 6. The Morgan fingerprint density at radius 1 is 1.29 bits per heavy atom. The number of pyridine rings is 1. The molecule has 1 aromatic heterocycles. The van der Waals surface area contributed by atoms with Crippen molar-refractivity contribution in [3.8, 4) is 0 Å². The second-order valence-electron chi connectivity index (χ2n) is 3.08. The zero-order valence-electron chi connectivity index (χ0n) is 8.83. The largest absolute Gasteiger partial charge is 0.481 e. The van der Waals surface area contributed by atoms with Crippen LogP contribution in [-0.2, 0) is 9.59 Å². The average Bonchev–Trinajstić information content (AvgIpc) is 2.29. The summed E-state index contributed by atoms with van der Waals surface area (Å²) in [6.45, 7) is 0. The lowest BCUT2D eigenvalue weighted by Gasteiger charge is -2.01. The van der Waals surface area contributed by atoms with Crippen molar-refractivity contribution < 1.29 is 19.8 Å². The minimum atomic E-state index is -1.25. The third kappa shape index (κ3) is 4.74. The Morgan fingerprint density at radius 3 is 2.59 bits per heavy atom. The average molecular weight is 237 g/mol. The van der Waals surface area contributed by atoms with E-state index in [1.165, 1.54) is 6.20 Å². The zero-order valence-corrected chi connectivity index (χ0v) is 8.83. The van der Waals surface area contributed by atoms with Crippen LogP contribution in [0.5, 0.6) is 0 Å². The van der Waals surface area contributed by atoms with Crippen LogP contribution in [0.15, 0.2) is 29.5 Å². The van der Waals surface area contributed by atoms with E-state index in [2.05, 4.69) is 15.5 Å². The maximum Gasteiger partial charge on any atom is 0.352 e. The van der Waals surface area contributed by atoms with E-state index in [9.17, 15) is 9.59 Å². The van der Waals surface area contributed by atoms with Crippen LogP contribution in [0.3, 0.4) is 0 Å². The second kappa shape index (κ2) is 6.21. The lowest BCUT2D eigenvalue weighted by atomic mass is 10.2. The van der Waals surface area contributed by atoms with Gasteiger partial charge in [0.25, 0.3) is 0 Å². The summed E-state index contributed by atoms with van der Waals surface area (Å²) in [5.74, 6) is -1.94. The quantitative estimate of drug-likeness (QED) is 0.498. The SMILES string of the molecule is O=C(O)CC/C(=N\Nc1ccccn1)C(=O)O. The molecule has 0 saturated carbocycles. The summed E-state index contributed by atoms with van der Waals surface area (Å²) >= 11 is 0. The molecule has 1 heterocycles. The van der Waals surface area contributed by atoms with Crippen molar-refractivity contribution in [1.29, 1.82) is 0 Å². The number of anilines is 1. The van der Waals surface area contributed by atoms with E-state index >= 15 is 0 Å². The molecule has 0 amide bonds. The molecule has 0 atom stereocenters. The van der Waals surface area contributed by atoms with E-state index in [0.29, 0.717) is 5.82 Å². The summed E-state index contributed by atoms with van der Waals surface area (Å²) in [5.41, 5.74) is 2.20. The highest BCUT2D eigenvalue weighted by Crippen LogP contribution is 2.01. The van der Waals surface area contributed by atoms with E-state index < -0.39 is 11.9 Å². The number of hydrazone groups is 1. The number of aromatic nitrogens is 1. The van der Waals surface area contributed by atoms with Gasteiger partial charge in [0.1, 0.15) is 11.5 Å².